The zero-order valence-corrected chi connectivity index (χ0v) is 12.9. The van der Waals surface area contributed by atoms with E-state index in [1.165, 1.54) is 11.1 Å². The lowest BCUT2D eigenvalue weighted by Gasteiger charge is -2.21. The van der Waals surface area contributed by atoms with Crippen molar-refractivity contribution in [3.05, 3.63) is 48.0 Å². The van der Waals surface area contributed by atoms with Crippen molar-refractivity contribution < 1.29 is 0 Å². The molecule has 2 heteroatoms. The van der Waals surface area contributed by atoms with Gasteiger partial charge in [-0.3, -0.25) is 4.90 Å². The molecule has 19 heavy (non-hydrogen) atoms. The smallest absolute Gasteiger partial charge is 0.0237 e. The quantitative estimate of drug-likeness (QED) is 0.754. The molecule has 0 fully saturated rings. The summed E-state index contributed by atoms with van der Waals surface area (Å²) in [4.78, 5) is 2.38. The minimum Gasteiger partial charge on any atom is -0.308 e. The zero-order chi connectivity index (χ0) is 14.3. The molecule has 0 aromatic heterocycles. The summed E-state index contributed by atoms with van der Waals surface area (Å²) in [7, 11) is 0. The zero-order valence-electron chi connectivity index (χ0n) is 12.9. The maximum absolute atomic E-state index is 3.81. The standard InChI is InChI=1S/C17H28N2/c1-6-11-19(7-2)14-16-10-8-9-15(12-16)13-18-17(3,4)5/h6,8-10,12,18H,1,7,11,13-14H2,2-5H3. The van der Waals surface area contributed by atoms with Crippen LogP contribution >= 0.6 is 0 Å². The van der Waals surface area contributed by atoms with E-state index in [9.17, 15) is 0 Å². The Morgan fingerprint density at radius 1 is 1.26 bits per heavy atom. The Morgan fingerprint density at radius 3 is 2.53 bits per heavy atom. The third-order valence-electron chi connectivity index (χ3n) is 3.05. The van der Waals surface area contributed by atoms with E-state index in [1.807, 2.05) is 6.08 Å². The second-order valence-corrected chi connectivity index (χ2v) is 6.04. The summed E-state index contributed by atoms with van der Waals surface area (Å²) in [6.45, 7) is 16.5. The van der Waals surface area contributed by atoms with Gasteiger partial charge in [-0.15, -0.1) is 6.58 Å². The predicted molar refractivity (Wildman–Crippen MR) is 84.2 cm³/mol. The molecule has 0 atom stereocenters. The molecule has 0 saturated carbocycles. The third kappa shape index (κ3) is 6.55. The maximum atomic E-state index is 3.81. The van der Waals surface area contributed by atoms with Gasteiger partial charge in [0.25, 0.3) is 0 Å². The molecular formula is C17H28N2. The Balaban J connectivity index is 2.63. The molecule has 1 N–H and O–H groups in total. The average Bonchev–Trinajstić information content (AvgIpc) is 2.35. The maximum Gasteiger partial charge on any atom is 0.0237 e. The van der Waals surface area contributed by atoms with Gasteiger partial charge >= 0.3 is 0 Å². The molecule has 1 aromatic rings. The topological polar surface area (TPSA) is 15.3 Å². The Kier molecular flexibility index (Phi) is 6.26. The van der Waals surface area contributed by atoms with Crippen molar-refractivity contribution in [1.82, 2.24) is 10.2 Å². The Hall–Kier alpha value is -1.12. The molecular weight excluding hydrogens is 232 g/mol. The minimum atomic E-state index is 0.161. The van der Waals surface area contributed by atoms with Crippen LogP contribution in [0, 0.1) is 0 Å². The summed E-state index contributed by atoms with van der Waals surface area (Å²) in [6, 6.07) is 8.83. The van der Waals surface area contributed by atoms with E-state index < -0.39 is 0 Å². The lowest BCUT2D eigenvalue weighted by Crippen LogP contribution is -2.35. The fourth-order valence-electron chi connectivity index (χ4n) is 1.95. The molecule has 0 aliphatic carbocycles. The van der Waals surface area contributed by atoms with Gasteiger partial charge in [-0.1, -0.05) is 37.3 Å². The Labute approximate surface area is 118 Å². The number of hydrogen-bond acceptors (Lipinski definition) is 2. The molecule has 0 heterocycles. The molecule has 1 rings (SSSR count). The van der Waals surface area contributed by atoms with Crippen molar-refractivity contribution in [1.29, 1.82) is 0 Å². The highest BCUT2D eigenvalue weighted by Crippen LogP contribution is 2.10. The number of nitrogens with one attached hydrogen (secondary N) is 1. The first kappa shape index (κ1) is 15.9. The average molecular weight is 260 g/mol. The van der Waals surface area contributed by atoms with Crippen LogP contribution in [0.4, 0.5) is 0 Å². The third-order valence-corrected chi connectivity index (χ3v) is 3.05. The highest BCUT2D eigenvalue weighted by atomic mass is 15.1. The van der Waals surface area contributed by atoms with Gasteiger partial charge in [-0.2, -0.15) is 0 Å². The molecule has 0 unspecified atom stereocenters. The van der Waals surface area contributed by atoms with Crippen molar-refractivity contribution in [2.45, 2.75) is 46.3 Å². The van der Waals surface area contributed by atoms with E-state index in [1.54, 1.807) is 0 Å². The second-order valence-electron chi connectivity index (χ2n) is 6.04. The normalized spacial score (nSPS) is 11.8. The van der Waals surface area contributed by atoms with Crippen LogP contribution in [0.2, 0.25) is 0 Å². The van der Waals surface area contributed by atoms with Gasteiger partial charge in [0.05, 0.1) is 0 Å². The molecule has 2 nitrogen and oxygen atoms in total. The van der Waals surface area contributed by atoms with Crippen LogP contribution < -0.4 is 5.32 Å². The van der Waals surface area contributed by atoms with Gasteiger partial charge in [0, 0.05) is 25.2 Å². The van der Waals surface area contributed by atoms with Gasteiger partial charge in [-0.05, 0) is 38.4 Å². The summed E-state index contributed by atoms with van der Waals surface area (Å²) in [5, 5.41) is 3.53. The van der Waals surface area contributed by atoms with Crippen molar-refractivity contribution in [2.75, 3.05) is 13.1 Å². The number of nitrogens with zero attached hydrogens (tertiary/aromatic N) is 1. The van der Waals surface area contributed by atoms with E-state index >= 15 is 0 Å². The Morgan fingerprint density at radius 2 is 1.95 bits per heavy atom. The van der Waals surface area contributed by atoms with Gasteiger partial charge in [0.2, 0.25) is 0 Å². The van der Waals surface area contributed by atoms with Crippen molar-refractivity contribution in [3.63, 3.8) is 0 Å². The van der Waals surface area contributed by atoms with E-state index in [2.05, 4.69) is 68.8 Å². The molecule has 0 spiro atoms. The minimum absolute atomic E-state index is 0.161. The molecule has 0 amide bonds. The van der Waals surface area contributed by atoms with Crippen molar-refractivity contribution >= 4 is 0 Å². The molecule has 0 bridgehead atoms. The first-order valence-corrected chi connectivity index (χ1v) is 7.10. The fraction of sp³-hybridized carbons (Fsp3) is 0.529. The van der Waals surface area contributed by atoms with Crippen LogP contribution in [0.25, 0.3) is 0 Å². The van der Waals surface area contributed by atoms with Gasteiger partial charge < -0.3 is 5.32 Å². The molecule has 0 aliphatic rings. The lowest BCUT2D eigenvalue weighted by molar-refractivity contribution is 0.311. The largest absolute Gasteiger partial charge is 0.308 e. The summed E-state index contributed by atoms with van der Waals surface area (Å²) in [5.74, 6) is 0. The number of hydrogen-bond donors (Lipinski definition) is 1. The van der Waals surface area contributed by atoms with E-state index in [0.29, 0.717) is 0 Å². The predicted octanol–water partition coefficient (Wildman–Crippen LogP) is 3.58. The summed E-state index contributed by atoms with van der Waals surface area (Å²) in [5.41, 5.74) is 2.88. The number of likely N-dealkylation sites (N-methyl/N-ethyl adjacent to an activating group) is 1. The lowest BCUT2D eigenvalue weighted by atomic mass is 10.1. The highest BCUT2D eigenvalue weighted by Gasteiger charge is 2.08. The molecule has 0 aliphatic heterocycles. The van der Waals surface area contributed by atoms with Crippen LogP contribution in [-0.4, -0.2) is 23.5 Å². The van der Waals surface area contributed by atoms with Crippen LogP contribution in [0.15, 0.2) is 36.9 Å². The fourth-order valence-corrected chi connectivity index (χ4v) is 1.95. The molecule has 0 radical (unpaired) electrons. The van der Waals surface area contributed by atoms with E-state index in [4.69, 9.17) is 0 Å². The van der Waals surface area contributed by atoms with Gasteiger partial charge in [-0.25, -0.2) is 0 Å². The van der Waals surface area contributed by atoms with Crippen LogP contribution in [0.1, 0.15) is 38.8 Å². The first-order valence-electron chi connectivity index (χ1n) is 7.10. The van der Waals surface area contributed by atoms with E-state index in [-0.39, 0.29) is 5.54 Å². The first-order chi connectivity index (χ1) is 8.94. The molecule has 106 valence electrons. The highest BCUT2D eigenvalue weighted by molar-refractivity contribution is 5.23. The summed E-state index contributed by atoms with van der Waals surface area (Å²) in [6.07, 6.45) is 1.97. The Bertz CT molecular complexity index is 390. The van der Waals surface area contributed by atoms with Crippen LogP contribution in [0.3, 0.4) is 0 Å². The van der Waals surface area contributed by atoms with Gasteiger partial charge in [0.1, 0.15) is 0 Å². The van der Waals surface area contributed by atoms with Gasteiger partial charge in [0.15, 0.2) is 0 Å². The van der Waals surface area contributed by atoms with E-state index in [0.717, 1.165) is 26.2 Å². The number of rotatable bonds is 7. The molecule has 0 saturated heterocycles. The van der Waals surface area contributed by atoms with Crippen molar-refractivity contribution in [2.24, 2.45) is 0 Å². The second kappa shape index (κ2) is 7.46. The summed E-state index contributed by atoms with van der Waals surface area (Å²) < 4.78 is 0. The van der Waals surface area contributed by atoms with Crippen LogP contribution in [-0.2, 0) is 13.1 Å². The molecule has 1 aromatic carbocycles. The van der Waals surface area contributed by atoms with Crippen LogP contribution in [0.5, 0.6) is 0 Å². The van der Waals surface area contributed by atoms with Crippen molar-refractivity contribution in [3.8, 4) is 0 Å². The SMILES string of the molecule is C=CCN(CC)Cc1cccc(CNC(C)(C)C)c1. The summed E-state index contributed by atoms with van der Waals surface area (Å²) >= 11 is 0. The monoisotopic (exact) mass is 260 g/mol. The number of benzene rings is 1.